The van der Waals surface area contributed by atoms with Gasteiger partial charge in [-0.2, -0.15) is 5.10 Å². The highest BCUT2D eigenvalue weighted by Gasteiger charge is 2.29. The van der Waals surface area contributed by atoms with Gasteiger partial charge in [0.1, 0.15) is 17.5 Å². The number of hydrazone groups is 1. The Morgan fingerprint density at radius 3 is 2.54 bits per heavy atom. The predicted molar refractivity (Wildman–Crippen MR) is 143 cm³/mol. The molecular formula is C27H28F3N5OS. The second kappa shape index (κ2) is 12.7. The summed E-state index contributed by atoms with van der Waals surface area (Å²) in [7, 11) is 0. The second-order valence-corrected chi connectivity index (χ2v) is 9.16. The molecule has 1 heterocycles. The molecule has 1 fully saturated rings. The minimum Gasteiger partial charge on any atom is -0.375 e. The van der Waals surface area contributed by atoms with Crippen molar-refractivity contribution in [3.05, 3.63) is 101 Å². The molecule has 1 aliphatic heterocycles. The summed E-state index contributed by atoms with van der Waals surface area (Å²) in [6.45, 7) is 2.51. The number of ether oxygens (including phenoxy) is 1. The standard InChI is InChI=1S/C27H28F3N5OS/c28-23-9-5-4-8-20(23)15-34-10-11-35(16-22(34)18-36-17-19-6-2-1-3-7-19)26-13-24(29)21(12-25(26)30)14-32-33-27(31)37/h1-9,12-14,22H,10-11,15-18H2,(H3,31,33,37). The molecule has 0 bridgehead atoms. The van der Waals surface area contributed by atoms with Crippen molar-refractivity contribution in [2.75, 3.05) is 31.1 Å². The van der Waals surface area contributed by atoms with Gasteiger partial charge < -0.3 is 15.4 Å². The Balaban J connectivity index is 1.50. The Bertz CT molecular complexity index is 1240. The summed E-state index contributed by atoms with van der Waals surface area (Å²) in [6.07, 6.45) is 1.12. The highest BCUT2D eigenvalue weighted by Crippen LogP contribution is 2.26. The van der Waals surface area contributed by atoms with Crippen LogP contribution in [0.5, 0.6) is 0 Å². The zero-order valence-corrected chi connectivity index (χ0v) is 20.9. The second-order valence-electron chi connectivity index (χ2n) is 8.72. The molecule has 194 valence electrons. The van der Waals surface area contributed by atoms with Crippen LogP contribution in [0.25, 0.3) is 0 Å². The SMILES string of the molecule is NC(=S)NN=Cc1cc(F)c(N2CCN(Cc3ccccc3F)C(COCc3ccccc3)C2)cc1F. The number of hydrogen-bond donors (Lipinski definition) is 2. The van der Waals surface area contributed by atoms with Crippen LogP contribution in [-0.4, -0.2) is 48.5 Å². The van der Waals surface area contributed by atoms with Gasteiger partial charge in [-0.25, -0.2) is 13.2 Å². The molecule has 1 aliphatic rings. The summed E-state index contributed by atoms with van der Waals surface area (Å²) in [6, 6.07) is 18.5. The fourth-order valence-corrected chi connectivity index (χ4v) is 4.32. The molecule has 1 saturated heterocycles. The number of nitrogens with two attached hydrogens (primary N) is 1. The number of piperazine rings is 1. The van der Waals surface area contributed by atoms with Crippen molar-refractivity contribution in [3.8, 4) is 0 Å². The number of nitrogens with one attached hydrogen (secondary N) is 1. The van der Waals surface area contributed by atoms with Crippen LogP contribution in [0.2, 0.25) is 0 Å². The van der Waals surface area contributed by atoms with E-state index < -0.39 is 11.6 Å². The average molecular weight is 528 g/mol. The van der Waals surface area contributed by atoms with Gasteiger partial charge in [0.2, 0.25) is 0 Å². The van der Waals surface area contributed by atoms with E-state index in [-0.39, 0.29) is 28.2 Å². The number of anilines is 1. The maximum Gasteiger partial charge on any atom is 0.184 e. The van der Waals surface area contributed by atoms with E-state index in [9.17, 15) is 8.78 Å². The lowest BCUT2D eigenvalue weighted by Gasteiger charge is -2.42. The number of halogens is 3. The summed E-state index contributed by atoms with van der Waals surface area (Å²) in [5.74, 6) is -1.48. The van der Waals surface area contributed by atoms with Crippen molar-refractivity contribution in [3.63, 3.8) is 0 Å². The average Bonchev–Trinajstić information content (AvgIpc) is 2.88. The van der Waals surface area contributed by atoms with Gasteiger partial charge in [0.05, 0.1) is 31.2 Å². The topological polar surface area (TPSA) is 66.1 Å². The van der Waals surface area contributed by atoms with Crippen LogP contribution >= 0.6 is 12.2 Å². The van der Waals surface area contributed by atoms with Crippen LogP contribution in [-0.2, 0) is 17.9 Å². The molecule has 37 heavy (non-hydrogen) atoms. The molecule has 0 radical (unpaired) electrons. The first-order chi connectivity index (χ1) is 17.9. The number of benzene rings is 3. The molecule has 6 nitrogen and oxygen atoms in total. The Morgan fingerprint density at radius 1 is 1.03 bits per heavy atom. The van der Waals surface area contributed by atoms with Crippen molar-refractivity contribution in [1.82, 2.24) is 10.3 Å². The first-order valence-corrected chi connectivity index (χ1v) is 12.2. The fraction of sp³-hybridized carbons (Fsp3) is 0.259. The van der Waals surface area contributed by atoms with Crippen LogP contribution in [0, 0.1) is 17.5 Å². The molecule has 4 rings (SSSR count). The van der Waals surface area contributed by atoms with Crippen LogP contribution < -0.4 is 16.1 Å². The van der Waals surface area contributed by atoms with Crippen LogP contribution in [0.4, 0.5) is 18.9 Å². The third-order valence-corrected chi connectivity index (χ3v) is 6.23. The first-order valence-electron chi connectivity index (χ1n) is 11.8. The zero-order valence-electron chi connectivity index (χ0n) is 20.1. The summed E-state index contributed by atoms with van der Waals surface area (Å²) in [4.78, 5) is 3.91. The van der Waals surface area contributed by atoms with E-state index in [1.807, 2.05) is 30.3 Å². The molecule has 0 saturated carbocycles. The third kappa shape index (κ3) is 7.28. The Morgan fingerprint density at radius 2 is 1.78 bits per heavy atom. The molecule has 0 amide bonds. The molecule has 10 heteroatoms. The van der Waals surface area contributed by atoms with Gasteiger partial charge in [0.15, 0.2) is 5.11 Å². The van der Waals surface area contributed by atoms with E-state index in [0.29, 0.717) is 45.0 Å². The van der Waals surface area contributed by atoms with Crippen LogP contribution in [0.15, 0.2) is 71.8 Å². The van der Waals surface area contributed by atoms with Crippen molar-refractivity contribution < 1.29 is 17.9 Å². The first kappa shape index (κ1) is 26.6. The number of thiocarbonyl (C=S) groups is 1. The number of nitrogens with zero attached hydrogens (tertiary/aromatic N) is 3. The molecule has 1 atom stereocenters. The van der Waals surface area contributed by atoms with Gasteiger partial charge >= 0.3 is 0 Å². The van der Waals surface area contributed by atoms with E-state index in [1.165, 1.54) is 6.07 Å². The van der Waals surface area contributed by atoms with Gasteiger partial charge in [-0.1, -0.05) is 48.5 Å². The molecule has 0 spiro atoms. The zero-order chi connectivity index (χ0) is 26.2. The molecule has 0 aliphatic carbocycles. The molecule has 1 unspecified atom stereocenters. The smallest absolute Gasteiger partial charge is 0.184 e. The van der Waals surface area contributed by atoms with Crippen molar-refractivity contribution in [1.29, 1.82) is 0 Å². The third-order valence-electron chi connectivity index (χ3n) is 6.14. The van der Waals surface area contributed by atoms with E-state index in [2.05, 4.69) is 27.6 Å². The van der Waals surface area contributed by atoms with E-state index >= 15 is 4.39 Å². The lowest BCUT2D eigenvalue weighted by Crippen LogP contribution is -2.55. The minimum absolute atomic E-state index is 0.0362. The molecule has 3 aromatic rings. The van der Waals surface area contributed by atoms with Gasteiger partial charge in [-0.3, -0.25) is 10.3 Å². The number of hydrogen-bond acceptors (Lipinski definition) is 5. The fourth-order valence-electron chi connectivity index (χ4n) is 4.27. The van der Waals surface area contributed by atoms with E-state index in [0.717, 1.165) is 23.9 Å². The van der Waals surface area contributed by atoms with E-state index in [1.54, 1.807) is 23.1 Å². The van der Waals surface area contributed by atoms with E-state index in [4.69, 9.17) is 10.5 Å². The van der Waals surface area contributed by atoms with Gasteiger partial charge in [-0.05, 0) is 29.9 Å². The Hall–Kier alpha value is -3.47. The molecule has 0 aromatic heterocycles. The van der Waals surface area contributed by atoms with Crippen molar-refractivity contribution in [2.24, 2.45) is 10.8 Å². The van der Waals surface area contributed by atoms with Crippen molar-refractivity contribution in [2.45, 2.75) is 19.2 Å². The molecule has 3 aromatic carbocycles. The summed E-state index contributed by atoms with van der Waals surface area (Å²) in [5, 5.41) is 3.62. The predicted octanol–water partition coefficient (Wildman–Crippen LogP) is 4.18. The number of rotatable bonds is 9. The Labute approximate surface area is 219 Å². The minimum atomic E-state index is -0.629. The van der Waals surface area contributed by atoms with Gasteiger partial charge in [0, 0.05) is 43.4 Å². The van der Waals surface area contributed by atoms with Crippen LogP contribution in [0.1, 0.15) is 16.7 Å². The highest BCUT2D eigenvalue weighted by atomic mass is 32.1. The van der Waals surface area contributed by atoms with Gasteiger partial charge in [-0.15, -0.1) is 0 Å². The largest absolute Gasteiger partial charge is 0.375 e. The quantitative estimate of drug-likeness (QED) is 0.247. The lowest BCUT2D eigenvalue weighted by atomic mass is 10.1. The highest BCUT2D eigenvalue weighted by molar-refractivity contribution is 7.80. The summed E-state index contributed by atoms with van der Waals surface area (Å²) in [5.41, 5.74) is 9.33. The monoisotopic (exact) mass is 527 g/mol. The Kier molecular flexibility index (Phi) is 9.10. The summed E-state index contributed by atoms with van der Waals surface area (Å²) >= 11 is 4.65. The summed E-state index contributed by atoms with van der Waals surface area (Å²) < 4.78 is 50.2. The lowest BCUT2D eigenvalue weighted by molar-refractivity contribution is 0.0407. The molecular weight excluding hydrogens is 499 g/mol. The van der Waals surface area contributed by atoms with Crippen molar-refractivity contribution >= 4 is 29.2 Å². The normalized spacial score (nSPS) is 16.3. The molecule has 3 N–H and O–H groups in total. The van der Waals surface area contributed by atoms with Gasteiger partial charge in [0.25, 0.3) is 0 Å². The maximum absolute atomic E-state index is 15.1. The maximum atomic E-state index is 15.1. The van der Waals surface area contributed by atoms with Crippen LogP contribution in [0.3, 0.4) is 0 Å².